The predicted octanol–water partition coefficient (Wildman–Crippen LogP) is 3.30. The minimum absolute atomic E-state index is 0.377. The maximum Gasteiger partial charge on any atom is 0.229 e. The fourth-order valence-corrected chi connectivity index (χ4v) is 3.40. The molecule has 0 unspecified atom stereocenters. The monoisotopic (exact) mass is 371 g/mol. The van der Waals surface area contributed by atoms with Crippen molar-refractivity contribution in [1.82, 2.24) is 24.7 Å². The van der Waals surface area contributed by atoms with Crippen molar-refractivity contribution in [2.45, 2.75) is 32.7 Å². The molecule has 0 radical (unpaired) electrons. The topological polar surface area (TPSA) is 79.2 Å². The van der Waals surface area contributed by atoms with Crippen LogP contribution < -0.4 is 16.0 Å². The van der Waals surface area contributed by atoms with Crippen LogP contribution in [-0.4, -0.2) is 38.5 Å². The highest BCUT2D eigenvalue weighted by atomic mass is 35.5. The Morgan fingerprint density at radius 3 is 2.81 bits per heavy atom. The Labute approximate surface area is 157 Å². The molecule has 0 aromatic carbocycles. The van der Waals surface area contributed by atoms with Gasteiger partial charge >= 0.3 is 0 Å². The van der Waals surface area contributed by atoms with Gasteiger partial charge in [-0.15, -0.1) is 0 Å². The molecule has 3 aromatic heterocycles. The van der Waals surface area contributed by atoms with Crippen LogP contribution in [0.1, 0.15) is 24.1 Å². The molecule has 0 spiro atoms. The van der Waals surface area contributed by atoms with Gasteiger partial charge in [0.15, 0.2) is 5.82 Å². The second-order valence-electron chi connectivity index (χ2n) is 6.63. The summed E-state index contributed by atoms with van der Waals surface area (Å²) in [4.78, 5) is 13.4. The predicted molar refractivity (Wildman–Crippen MR) is 105 cm³/mol. The fourth-order valence-electron chi connectivity index (χ4n) is 3.25. The number of piperidine rings is 1. The second kappa shape index (κ2) is 7.09. The number of rotatable bonds is 4. The Kier molecular flexibility index (Phi) is 4.65. The van der Waals surface area contributed by atoms with Gasteiger partial charge in [-0.1, -0.05) is 11.6 Å². The lowest BCUT2D eigenvalue weighted by Crippen LogP contribution is -2.35. The first-order valence-electron chi connectivity index (χ1n) is 8.82. The lowest BCUT2D eigenvalue weighted by atomic mass is 10.1. The Balaban J connectivity index is 1.58. The molecule has 3 N–H and O–H groups in total. The molecule has 1 aliphatic rings. The minimum atomic E-state index is 0.377. The number of aryl methyl sites for hydroxylation is 2. The molecule has 0 saturated carbocycles. The third kappa shape index (κ3) is 3.32. The molecule has 3 aromatic rings. The molecule has 1 fully saturated rings. The summed E-state index contributed by atoms with van der Waals surface area (Å²) in [6.07, 6.45) is 7.60. The van der Waals surface area contributed by atoms with Gasteiger partial charge in [-0.05, 0) is 45.8 Å². The second-order valence-corrected chi connectivity index (χ2v) is 7.04. The summed E-state index contributed by atoms with van der Waals surface area (Å²) in [6, 6.07) is 2.39. The number of hydrogen-bond acceptors (Lipinski definition) is 6. The minimum Gasteiger partial charge on any atom is -0.366 e. The lowest BCUT2D eigenvalue weighted by Gasteiger charge is -2.24. The van der Waals surface area contributed by atoms with E-state index in [1.54, 1.807) is 6.20 Å². The number of halogens is 1. The summed E-state index contributed by atoms with van der Waals surface area (Å²) >= 11 is 6.29. The average molecular weight is 372 g/mol. The largest absolute Gasteiger partial charge is 0.366 e. The Morgan fingerprint density at radius 1 is 1.19 bits per heavy atom. The summed E-state index contributed by atoms with van der Waals surface area (Å²) in [5.41, 5.74) is 4.01. The SMILES string of the molecule is Cc1c(Nc2ncc(Cl)c(NC3CCNCC3)n2)ccn2c(C)cnc12. The highest BCUT2D eigenvalue weighted by molar-refractivity contribution is 6.32. The van der Waals surface area contributed by atoms with E-state index in [1.165, 1.54) is 0 Å². The molecule has 4 heterocycles. The van der Waals surface area contributed by atoms with Crippen molar-refractivity contribution in [3.8, 4) is 0 Å². The number of nitrogens with one attached hydrogen (secondary N) is 3. The van der Waals surface area contributed by atoms with Crippen molar-refractivity contribution in [2.75, 3.05) is 23.7 Å². The summed E-state index contributed by atoms with van der Waals surface area (Å²) < 4.78 is 2.06. The van der Waals surface area contributed by atoms with Crippen LogP contribution in [0.4, 0.5) is 17.5 Å². The third-order valence-corrected chi connectivity index (χ3v) is 5.06. The first-order chi connectivity index (χ1) is 12.6. The quantitative estimate of drug-likeness (QED) is 0.653. The molecule has 0 amide bonds. The first kappa shape index (κ1) is 17.1. The molecular weight excluding hydrogens is 350 g/mol. The highest BCUT2D eigenvalue weighted by Crippen LogP contribution is 2.26. The van der Waals surface area contributed by atoms with Crippen LogP contribution in [0.25, 0.3) is 5.65 Å². The average Bonchev–Trinajstić information content (AvgIpc) is 3.03. The first-order valence-corrected chi connectivity index (χ1v) is 9.19. The molecule has 7 nitrogen and oxygen atoms in total. The van der Waals surface area contributed by atoms with E-state index in [0.717, 1.165) is 48.5 Å². The smallest absolute Gasteiger partial charge is 0.229 e. The van der Waals surface area contributed by atoms with Crippen LogP contribution in [0.2, 0.25) is 5.02 Å². The number of aromatic nitrogens is 4. The number of hydrogen-bond donors (Lipinski definition) is 3. The Morgan fingerprint density at radius 2 is 2.00 bits per heavy atom. The summed E-state index contributed by atoms with van der Waals surface area (Å²) in [5, 5.41) is 10.6. The van der Waals surface area contributed by atoms with Gasteiger partial charge in [0, 0.05) is 35.4 Å². The van der Waals surface area contributed by atoms with Crippen LogP contribution in [0.3, 0.4) is 0 Å². The highest BCUT2D eigenvalue weighted by Gasteiger charge is 2.16. The van der Waals surface area contributed by atoms with Gasteiger partial charge in [0.05, 0.1) is 6.20 Å². The molecule has 1 saturated heterocycles. The molecule has 26 heavy (non-hydrogen) atoms. The number of pyridine rings is 1. The van der Waals surface area contributed by atoms with Gasteiger partial charge in [0.2, 0.25) is 5.95 Å². The normalized spacial score (nSPS) is 15.3. The van der Waals surface area contributed by atoms with Crippen molar-refractivity contribution >= 4 is 34.7 Å². The summed E-state index contributed by atoms with van der Waals surface area (Å²) in [5.74, 6) is 1.19. The zero-order valence-electron chi connectivity index (χ0n) is 14.9. The van der Waals surface area contributed by atoms with E-state index < -0.39 is 0 Å². The fraction of sp³-hybridized carbons (Fsp3) is 0.389. The molecule has 1 aliphatic heterocycles. The third-order valence-electron chi connectivity index (χ3n) is 4.78. The number of imidazole rings is 1. The zero-order valence-corrected chi connectivity index (χ0v) is 15.6. The Bertz CT molecular complexity index is 931. The van der Waals surface area contributed by atoms with Crippen molar-refractivity contribution < 1.29 is 0 Å². The van der Waals surface area contributed by atoms with Crippen molar-refractivity contribution in [3.05, 3.63) is 40.9 Å². The van der Waals surface area contributed by atoms with Crippen LogP contribution in [-0.2, 0) is 0 Å². The van der Waals surface area contributed by atoms with E-state index in [2.05, 4.69) is 35.3 Å². The molecule has 8 heteroatoms. The zero-order chi connectivity index (χ0) is 18.1. The van der Waals surface area contributed by atoms with E-state index in [1.807, 2.05) is 32.3 Å². The van der Waals surface area contributed by atoms with Gasteiger partial charge in [-0.3, -0.25) is 0 Å². The molecule has 0 bridgehead atoms. The van der Waals surface area contributed by atoms with Crippen LogP contribution in [0.5, 0.6) is 0 Å². The molecule has 0 aliphatic carbocycles. The molecule has 136 valence electrons. The summed E-state index contributed by atoms with van der Waals surface area (Å²) in [7, 11) is 0. The van der Waals surface area contributed by atoms with E-state index in [-0.39, 0.29) is 0 Å². The van der Waals surface area contributed by atoms with Gasteiger partial charge in [-0.25, -0.2) is 9.97 Å². The van der Waals surface area contributed by atoms with Gasteiger partial charge in [-0.2, -0.15) is 4.98 Å². The number of fused-ring (bicyclic) bond motifs is 1. The molecular formula is C18H22ClN7. The number of nitrogens with zero attached hydrogens (tertiary/aromatic N) is 4. The van der Waals surface area contributed by atoms with Crippen molar-refractivity contribution in [1.29, 1.82) is 0 Å². The Hall–Kier alpha value is -2.38. The maximum absolute atomic E-state index is 6.29. The lowest BCUT2D eigenvalue weighted by molar-refractivity contribution is 0.478. The van der Waals surface area contributed by atoms with Crippen molar-refractivity contribution in [2.24, 2.45) is 0 Å². The van der Waals surface area contributed by atoms with E-state index in [0.29, 0.717) is 22.8 Å². The number of anilines is 3. The van der Waals surface area contributed by atoms with Gasteiger partial charge in [0.25, 0.3) is 0 Å². The summed E-state index contributed by atoms with van der Waals surface area (Å²) in [6.45, 7) is 6.09. The van der Waals surface area contributed by atoms with E-state index in [4.69, 9.17) is 11.6 Å². The van der Waals surface area contributed by atoms with Crippen LogP contribution >= 0.6 is 11.6 Å². The van der Waals surface area contributed by atoms with Gasteiger partial charge in [0.1, 0.15) is 10.7 Å². The van der Waals surface area contributed by atoms with E-state index in [9.17, 15) is 0 Å². The van der Waals surface area contributed by atoms with Crippen LogP contribution in [0.15, 0.2) is 24.7 Å². The van der Waals surface area contributed by atoms with E-state index >= 15 is 0 Å². The standard InChI is InChI=1S/C18H22ClN7/c1-11-9-21-17-12(2)15(5-8-26(11)17)24-18-22-10-14(19)16(25-18)23-13-3-6-20-7-4-13/h5,8-10,13,20H,3-4,6-7H2,1-2H3,(H2,22,23,24,25). The maximum atomic E-state index is 6.29. The van der Waals surface area contributed by atoms with Crippen molar-refractivity contribution in [3.63, 3.8) is 0 Å². The molecule has 0 atom stereocenters. The van der Waals surface area contributed by atoms with Crippen LogP contribution in [0, 0.1) is 13.8 Å². The molecule has 4 rings (SSSR count). The van der Waals surface area contributed by atoms with Gasteiger partial charge < -0.3 is 20.4 Å².